The highest BCUT2D eigenvalue weighted by Crippen LogP contribution is 2.36. The molecule has 0 spiro atoms. The third-order valence-electron chi connectivity index (χ3n) is 6.20. The highest BCUT2D eigenvalue weighted by molar-refractivity contribution is 5.95. The van der Waals surface area contributed by atoms with Crippen molar-refractivity contribution < 1.29 is 4.79 Å². The van der Waals surface area contributed by atoms with Crippen molar-refractivity contribution in [1.29, 1.82) is 0 Å². The van der Waals surface area contributed by atoms with Gasteiger partial charge in [0.05, 0.1) is 17.1 Å². The van der Waals surface area contributed by atoms with Crippen molar-refractivity contribution >= 4 is 16.9 Å². The van der Waals surface area contributed by atoms with Gasteiger partial charge >= 0.3 is 0 Å². The zero-order valence-corrected chi connectivity index (χ0v) is 18.6. The lowest BCUT2D eigenvalue weighted by Gasteiger charge is -2.15. The largest absolute Gasteiger partial charge is 0.351 e. The maximum absolute atomic E-state index is 12.6. The Morgan fingerprint density at radius 2 is 1.84 bits per heavy atom. The Hall–Kier alpha value is -3.44. The molecule has 0 radical (unpaired) electrons. The van der Waals surface area contributed by atoms with Gasteiger partial charge in [-0.1, -0.05) is 48.5 Å². The maximum Gasteiger partial charge on any atom is 0.251 e. The van der Waals surface area contributed by atoms with Crippen molar-refractivity contribution in [1.82, 2.24) is 19.8 Å². The van der Waals surface area contributed by atoms with Crippen LogP contribution in [0.5, 0.6) is 0 Å². The minimum absolute atomic E-state index is 0.0378. The average molecular weight is 425 g/mol. The molecule has 1 atom stereocenters. The average Bonchev–Trinajstić information content (AvgIpc) is 3.38. The Morgan fingerprint density at radius 3 is 2.66 bits per heavy atom. The molecule has 4 aromatic rings. The van der Waals surface area contributed by atoms with Crippen LogP contribution in [0.1, 0.15) is 34.2 Å². The topological polar surface area (TPSA) is 50.2 Å². The van der Waals surface area contributed by atoms with Crippen molar-refractivity contribution in [2.75, 3.05) is 27.2 Å². The molecular formula is C27H28N4O. The smallest absolute Gasteiger partial charge is 0.251 e. The molecule has 2 heterocycles. The number of benzene rings is 3. The lowest BCUT2D eigenvalue weighted by molar-refractivity contribution is 0.0951. The molecule has 0 bridgehead atoms. The first-order chi connectivity index (χ1) is 15.6. The second-order valence-electron chi connectivity index (χ2n) is 8.71. The molecule has 0 saturated carbocycles. The maximum atomic E-state index is 12.6. The van der Waals surface area contributed by atoms with Gasteiger partial charge in [-0.25, -0.2) is 4.98 Å². The number of hydrogen-bond acceptors (Lipinski definition) is 3. The fraction of sp³-hybridized carbons (Fsp3) is 0.259. The summed E-state index contributed by atoms with van der Waals surface area (Å²) < 4.78 is 2.39. The standard InChI is InChI=1S/C27H28N4O/c1-30(2)16-15-28-27(32)22-10-6-9-20(17-22)21-11-12-23-25(18-21)31-24(13-14-26(31)29-23)19-7-4-3-5-8-19/h3-12,17-18,24H,13-16H2,1-2H3,(H,28,32). The van der Waals surface area contributed by atoms with E-state index >= 15 is 0 Å². The summed E-state index contributed by atoms with van der Waals surface area (Å²) in [6.07, 6.45) is 2.07. The van der Waals surface area contributed by atoms with E-state index in [1.807, 2.05) is 32.3 Å². The first-order valence-electron chi connectivity index (χ1n) is 11.2. The van der Waals surface area contributed by atoms with Crippen molar-refractivity contribution in [3.05, 3.63) is 89.7 Å². The number of aromatic nitrogens is 2. The van der Waals surface area contributed by atoms with Crippen LogP contribution in [0.2, 0.25) is 0 Å². The van der Waals surface area contributed by atoms with Crippen molar-refractivity contribution in [2.45, 2.75) is 18.9 Å². The van der Waals surface area contributed by atoms with E-state index in [1.165, 1.54) is 5.56 Å². The quantitative estimate of drug-likeness (QED) is 0.495. The van der Waals surface area contributed by atoms with Crippen LogP contribution < -0.4 is 5.32 Å². The minimum Gasteiger partial charge on any atom is -0.351 e. The minimum atomic E-state index is -0.0378. The molecule has 0 saturated heterocycles. The van der Waals surface area contributed by atoms with E-state index in [9.17, 15) is 4.79 Å². The molecule has 1 aliphatic heterocycles. The third-order valence-corrected chi connectivity index (χ3v) is 6.20. The Balaban J connectivity index is 1.47. The molecule has 0 fully saturated rings. The van der Waals surface area contributed by atoms with Gasteiger partial charge in [0.2, 0.25) is 0 Å². The van der Waals surface area contributed by atoms with E-state index in [2.05, 4.69) is 69.4 Å². The third kappa shape index (κ3) is 3.92. The molecule has 5 rings (SSSR count). The number of likely N-dealkylation sites (N-methyl/N-ethyl adjacent to an activating group) is 1. The van der Waals surface area contributed by atoms with Crippen LogP contribution in [0.15, 0.2) is 72.8 Å². The fourth-order valence-electron chi connectivity index (χ4n) is 4.57. The number of carbonyl (C=O) groups excluding carboxylic acids is 1. The molecule has 0 aliphatic carbocycles. The zero-order valence-electron chi connectivity index (χ0n) is 18.6. The van der Waals surface area contributed by atoms with Crippen LogP contribution >= 0.6 is 0 Å². The summed E-state index contributed by atoms with van der Waals surface area (Å²) in [6.45, 7) is 1.45. The van der Waals surface area contributed by atoms with E-state index in [0.29, 0.717) is 18.2 Å². The Kier molecular flexibility index (Phi) is 5.50. The first kappa shape index (κ1) is 20.5. The number of nitrogens with zero attached hydrogens (tertiary/aromatic N) is 3. The van der Waals surface area contributed by atoms with E-state index in [0.717, 1.165) is 47.4 Å². The normalized spacial score (nSPS) is 15.3. The summed E-state index contributed by atoms with van der Waals surface area (Å²) in [5.74, 6) is 1.11. The molecule has 5 heteroatoms. The number of amides is 1. The summed E-state index contributed by atoms with van der Waals surface area (Å²) in [5, 5.41) is 3.00. The molecule has 1 aromatic heterocycles. The Bertz CT molecular complexity index is 1260. The lowest BCUT2D eigenvalue weighted by Crippen LogP contribution is -2.31. The number of carbonyl (C=O) groups is 1. The predicted octanol–water partition coefficient (Wildman–Crippen LogP) is 4.53. The van der Waals surface area contributed by atoms with Gasteiger partial charge in [-0.15, -0.1) is 0 Å². The Morgan fingerprint density at radius 1 is 1.03 bits per heavy atom. The lowest BCUT2D eigenvalue weighted by atomic mass is 10.0. The van der Waals surface area contributed by atoms with Gasteiger partial charge in [-0.2, -0.15) is 0 Å². The second kappa shape index (κ2) is 8.60. The molecule has 1 N–H and O–H groups in total. The predicted molar refractivity (Wildman–Crippen MR) is 129 cm³/mol. The number of imidazole rings is 1. The van der Waals surface area contributed by atoms with Crippen LogP contribution in [0, 0.1) is 0 Å². The molecule has 162 valence electrons. The molecule has 1 amide bonds. The summed E-state index contributed by atoms with van der Waals surface area (Å²) in [6, 6.07) is 25.3. The van der Waals surface area contributed by atoms with Gasteiger partial charge in [-0.05, 0) is 61.5 Å². The van der Waals surface area contributed by atoms with Crippen LogP contribution in [-0.2, 0) is 6.42 Å². The number of rotatable bonds is 6. The van der Waals surface area contributed by atoms with E-state index < -0.39 is 0 Å². The van der Waals surface area contributed by atoms with Crippen molar-refractivity contribution in [2.24, 2.45) is 0 Å². The summed E-state index contributed by atoms with van der Waals surface area (Å²) in [5.41, 5.74) is 6.33. The van der Waals surface area contributed by atoms with Crippen molar-refractivity contribution in [3.8, 4) is 11.1 Å². The van der Waals surface area contributed by atoms with E-state index in [4.69, 9.17) is 4.98 Å². The van der Waals surface area contributed by atoms with E-state index in [-0.39, 0.29) is 5.91 Å². The highest BCUT2D eigenvalue weighted by Gasteiger charge is 2.27. The molecule has 1 aliphatic rings. The van der Waals surface area contributed by atoms with Crippen LogP contribution in [0.4, 0.5) is 0 Å². The van der Waals surface area contributed by atoms with Gasteiger partial charge in [0, 0.05) is 25.1 Å². The Labute approximate surface area is 188 Å². The number of aryl methyl sites for hydroxylation is 1. The van der Waals surface area contributed by atoms with Crippen molar-refractivity contribution in [3.63, 3.8) is 0 Å². The highest BCUT2D eigenvalue weighted by atomic mass is 16.1. The zero-order chi connectivity index (χ0) is 22.1. The van der Waals surface area contributed by atoms with E-state index in [1.54, 1.807) is 0 Å². The SMILES string of the molecule is CN(C)CCNC(=O)c1cccc(-c2ccc3nc4n(c3c2)C(c2ccccc2)CC4)c1. The molecule has 5 nitrogen and oxygen atoms in total. The van der Waals surface area contributed by atoms with Crippen LogP contribution in [-0.4, -0.2) is 47.5 Å². The van der Waals surface area contributed by atoms with Gasteiger partial charge in [0.1, 0.15) is 5.82 Å². The second-order valence-corrected chi connectivity index (χ2v) is 8.71. The molecule has 3 aromatic carbocycles. The summed E-state index contributed by atoms with van der Waals surface area (Å²) in [4.78, 5) is 19.5. The molecular weight excluding hydrogens is 396 g/mol. The monoisotopic (exact) mass is 424 g/mol. The fourth-order valence-corrected chi connectivity index (χ4v) is 4.57. The van der Waals surface area contributed by atoms with Gasteiger partial charge in [0.25, 0.3) is 5.91 Å². The molecule has 1 unspecified atom stereocenters. The molecule has 32 heavy (non-hydrogen) atoms. The number of fused-ring (bicyclic) bond motifs is 3. The number of nitrogens with one attached hydrogen (secondary N) is 1. The van der Waals surface area contributed by atoms with Gasteiger partial charge in [-0.3, -0.25) is 4.79 Å². The summed E-state index contributed by atoms with van der Waals surface area (Å²) in [7, 11) is 4.00. The van der Waals surface area contributed by atoms with Crippen LogP contribution in [0.25, 0.3) is 22.2 Å². The van der Waals surface area contributed by atoms with Gasteiger partial charge < -0.3 is 14.8 Å². The summed E-state index contributed by atoms with van der Waals surface area (Å²) >= 11 is 0. The first-order valence-corrected chi connectivity index (χ1v) is 11.2. The van der Waals surface area contributed by atoms with Gasteiger partial charge in [0.15, 0.2) is 0 Å². The number of hydrogen-bond donors (Lipinski definition) is 1. The van der Waals surface area contributed by atoms with Crippen LogP contribution in [0.3, 0.4) is 0 Å².